The number of hydrogen-bond acceptors (Lipinski definition) is 3. The van der Waals surface area contributed by atoms with Crippen molar-refractivity contribution < 1.29 is 19.2 Å². The van der Waals surface area contributed by atoms with Crippen LogP contribution < -0.4 is 19.7 Å². The second kappa shape index (κ2) is 7.23. The van der Waals surface area contributed by atoms with Gasteiger partial charge in [0.05, 0.1) is 7.05 Å². The van der Waals surface area contributed by atoms with E-state index < -0.39 is 0 Å². The highest BCUT2D eigenvalue weighted by atomic mass is 79.9. The maximum atomic E-state index is 12.2. The van der Waals surface area contributed by atoms with Gasteiger partial charge in [0.15, 0.2) is 18.0 Å². The number of fused-ring (bicyclic) bond motifs is 1. The lowest BCUT2D eigenvalue weighted by Crippen LogP contribution is -3.08. The summed E-state index contributed by atoms with van der Waals surface area (Å²) >= 11 is 3.48. The smallest absolute Gasteiger partial charge is 0.279 e. The highest BCUT2D eigenvalue weighted by Crippen LogP contribution is 2.32. The molecule has 0 fully saturated rings. The van der Waals surface area contributed by atoms with Crippen LogP contribution in [0.25, 0.3) is 0 Å². The van der Waals surface area contributed by atoms with Gasteiger partial charge >= 0.3 is 0 Å². The van der Waals surface area contributed by atoms with E-state index >= 15 is 0 Å². The van der Waals surface area contributed by atoms with Crippen molar-refractivity contribution in [2.24, 2.45) is 0 Å². The molecule has 2 N–H and O–H groups in total. The SMILES string of the molecule is Cc1ccc(NC(=O)C[NH+](C)Cc2ccc3c(c2)OCO3)cc1Br. The second-order valence-electron chi connectivity index (χ2n) is 6.01. The molecular weight excluding hydrogens is 372 g/mol. The van der Waals surface area contributed by atoms with Gasteiger partial charge in [-0.15, -0.1) is 0 Å². The molecule has 0 bridgehead atoms. The minimum atomic E-state index is -0.0102. The lowest BCUT2D eigenvalue weighted by atomic mass is 10.2. The summed E-state index contributed by atoms with van der Waals surface area (Å²) in [5, 5.41) is 2.93. The van der Waals surface area contributed by atoms with Crippen LogP contribution in [0.3, 0.4) is 0 Å². The van der Waals surface area contributed by atoms with E-state index in [0.717, 1.165) is 44.2 Å². The normalized spacial score (nSPS) is 13.6. The Morgan fingerprint density at radius 1 is 1.21 bits per heavy atom. The summed E-state index contributed by atoms with van der Waals surface area (Å²) in [7, 11) is 2.00. The maximum Gasteiger partial charge on any atom is 0.279 e. The molecule has 2 aromatic rings. The quantitative estimate of drug-likeness (QED) is 0.820. The number of halogens is 1. The zero-order valence-electron chi connectivity index (χ0n) is 13.7. The first-order chi connectivity index (χ1) is 11.5. The van der Waals surface area contributed by atoms with Gasteiger partial charge in [0.1, 0.15) is 6.54 Å². The number of nitrogens with one attached hydrogen (secondary N) is 2. The molecule has 24 heavy (non-hydrogen) atoms. The molecule has 0 radical (unpaired) electrons. The van der Waals surface area contributed by atoms with E-state index in [-0.39, 0.29) is 12.7 Å². The Labute approximate surface area is 149 Å². The largest absolute Gasteiger partial charge is 0.454 e. The topological polar surface area (TPSA) is 52.0 Å². The Morgan fingerprint density at radius 3 is 2.79 bits per heavy atom. The van der Waals surface area contributed by atoms with Crippen LogP contribution in [0.5, 0.6) is 11.5 Å². The number of quaternary nitrogens is 1. The number of amides is 1. The number of rotatable bonds is 5. The van der Waals surface area contributed by atoms with Gasteiger partial charge in [-0.1, -0.05) is 22.0 Å². The van der Waals surface area contributed by atoms with Gasteiger partial charge in [-0.05, 0) is 42.8 Å². The van der Waals surface area contributed by atoms with Crippen LogP contribution in [0.4, 0.5) is 5.69 Å². The van der Waals surface area contributed by atoms with Crippen molar-refractivity contribution in [1.29, 1.82) is 0 Å². The van der Waals surface area contributed by atoms with Crippen LogP contribution in [-0.2, 0) is 11.3 Å². The minimum Gasteiger partial charge on any atom is -0.454 e. The van der Waals surface area contributed by atoms with E-state index in [0.29, 0.717) is 6.54 Å². The Bertz CT molecular complexity index is 764. The van der Waals surface area contributed by atoms with E-state index in [4.69, 9.17) is 9.47 Å². The third-order valence-electron chi connectivity index (χ3n) is 3.86. The summed E-state index contributed by atoms with van der Waals surface area (Å²) in [5.74, 6) is 1.54. The number of ether oxygens (including phenoxy) is 2. The van der Waals surface area contributed by atoms with Gasteiger partial charge in [-0.2, -0.15) is 0 Å². The molecule has 5 nitrogen and oxygen atoms in total. The minimum absolute atomic E-state index is 0.0102. The molecule has 0 saturated carbocycles. The zero-order valence-corrected chi connectivity index (χ0v) is 15.3. The number of anilines is 1. The summed E-state index contributed by atoms with van der Waals surface area (Å²) in [6.07, 6.45) is 0. The van der Waals surface area contributed by atoms with Crippen LogP contribution in [0.2, 0.25) is 0 Å². The van der Waals surface area contributed by atoms with Gasteiger partial charge < -0.3 is 19.7 Å². The summed E-state index contributed by atoms with van der Waals surface area (Å²) in [5.41, 5.74) is 3.05. The predicted octanol–water partition coefficient (Wildman–Crippen LogP) is 2.14. The van der Waals surface area contributed by atoms with Crippen molar-refractivity contribution >= 4 is 27.5 Å². The summed E-state index contributed by atoms with van der Waals surface area (Å²) in [6.45, 7) is 3.41. The van der Waals surface area contributed by atoms with Crippen molar-refractivity contribution in [3.63, 3.8) is 0 Å². The van der Waals surface area contributed by atoms with E-state index in [1.165, 1.54) is 0 Å². The first-order valence-electron chi connectivity index (χ1n) is 7.77. The maximum absolute atomic E-state index is 12.2. The summed E-state index contributed by atoms with van der Waals surface area (Å²) in [6, 6.07) is 11.7. The number of carbonyl (C=O) groups excluding carboxylic acids is 1. The third-order valence-corrected chi connectivity index (χ3v) is 4.72. The van der Waals surface area contributed by atoms with Crippen LogP contribution in [-0.4, -0.2) is 26.3 Å². The molecule has 0 aliphatic carbocycles. The number of benzene rings is 2. The molecule has 1 amide bonds. The number of hydrogen-bond donors (Lipinski definition) is 2. The molecule has 1 atom stereocenters. The molecular formula is C18H20BrN2O3+. The molecule has 1 heterocycles. The highest BCUT2D eigenvalue weighted by molar-refractivity contribution is 9.10. The summed E-state index contributed by atoms with van der Waals surface area (Å²) in [4.78, 5) is 13.3. The monoisotopic (exact) mass is 391 g/mol. The highest BCUT2D eigenvalue weighted by Gasteiger charge is 2.16. The molecule has 3 rings (SSSR count). The molecule has 6 heteroatoms. The fourth-order valence-corrected chi connectivity index (χ4v) is 2.99. The molecule has 0 saturated heterocycles. The second-order valence-corrected chi connectivity index (χ2v) is 6.86. The van der Waals surface area contributed by atoms with Gasteiger partial charge in [0.25, 0.3) is 5.91 Å². The number of carbonyl (C=O) groups is 1. The molecule has 2 aromatic carbocycles. The number of aryl methyl sites for hydroxylation is 1. The molecule has 1 unspecified atom stereocenters. The van der Waals surface area contributed by atoms with Crippen molar-refractivity contribution in [2.45, 2.75) is 13.5 Å². The van der Waals surface area contributed by atoms with Crippen LogP contribution in [0, 0.1) is 6.92 Å². The first kappa shape index (κ1) is 16.8. The van der Waals surface area contributed by atoms with Gasteiger partial charge in [0, 0.05) is 15.7 Å². The Morgan fingerprint density at radius 2 is 2.00 bits per heavy atom. The lowest BCUT2D eigenvalue weighted by molar-refractivity contribution is -0.885. The van der Waals surface area contributed by atoms with Crippen molar-refractivity contribution in [3.05, 3.63) is 52.0 Å². The summed E-state index contributed by atoms with van der Waals surface area (Å²) < 4.78 is 11.7. The van der Waals surface area contributed by atoms with Gasteiger partial charge in [-0.25, -0.2) is 0 Å². The molecule has 1 aliphatic rings. The average Bonchev–Trinajstić information content (AvgIpc) is 2.98. The molecule has 0 spiro atoms. The fraction of sp³-hybridized carbons (Fsp3) is 0.278. The van der Waals surface area contributed by atoms with Crippen molar-refractivity contribution in [2.75, 3.05) is 25.7 Å². The molecule has 1 aliphatic heterocycles. The number of likely N-dealkylation sites (N-methyl/N-ethyl adjacent to an activating group) is 1. The Hall–Kier alpha value is -2.05. The molecule has 0 aromatic heterocycles. The average molecular weight is 392 g/mol. The Kier molecular flexibility index (Phi) is 5.06. The lowest BCUT2D eigenvalue weighted by Gasteiger charge is -2.14. The standard InChI is InChI=1S/C18H19BrN2O3/c1-12-3-5-14(8-15(12)19)20-18(22)10-21(2)9-13-4-6-16-17(7-13)24-11-23-16/h3-8H,9-11H2,1-2H3,(H,20,22)/p+1. The molecule has 126 valence electrons. The zero-order chi connectivity index (χ0) is 17.1. The van der Waals surface area contributed by atoms with E-state index in [9.17, 15) is 4.79 Å². The van der Waals surface area contributed by atoms with E-state index in [1.54, 1.807) is 0 Å². The van der Waals surface area contributed by atoms with Crippen LogP contribution in [0.1, 0.15) is 11.1 Å². The predicted molar refractivity (Wildman–Crippen MR) is 95.5 cm³/mol. The van der Waals surface area contributed by atoms with Crippen LogP contribution >= 0.6 is 15.9 Å². The first-order valence-corrected chi connectivity index (χ1v) is 8.56. The Balaban J connectivity index is 1.55. The van der Waals surface area contributed by atoms with Crippen molar-refractivity contribution in [1.82, 2.24) is 0 Å². The van der Waals surface area contributed by atoms with E-state index in [1.807, 2.05) is 50.4 Å². The van der Waals surface area contributed by atoms with E-state index in [2.05, 4.69) is 21.2 Å². The van der Waals surface area contributed by atoms with Crippen molar-refractivity contribution in [3.8, 4) is 11.5 Å². The van der Waals surface area contributed by atoms with Gasteiger partial charge in [0.2, 0.25) is 6.79 Å². The van der Waals surface area contributed by atoms with Crippen LogP contribution in [0.15, 0.2) is 40.9 Å². The fourth-order valence-electron chi connectivity index (χ4n) is 2.61. The van der Waals surface area contributed by atoms with Gasteiger partial charge in [-0.3, -0.25) is 4.79 Å². The third kappa shape index (κ3) is 4.07.